The third-order valence-electron chi connectivity index (χ3n) is 3.14. The summed E-state index contributed by atoms with van der Waals surface area (Å²) < 4.78 is 19.2. The molecule has 1 heterocycles. The van der Waals surface area contributed by atoms with Crippen LogP contribution in [-0.2, 0) is 11.2 Å². The maximum absolute atomic E-state index is 13.8. The van der Waals surface area contributed by atoms with Crippen molar-refractivity contribution in [1.29, 1.82) is 5.26 Å². The first-order chi connectivity index (χ1) is 10.1. The Morgan fingerprint density at radius 2 is 2.10 bits per heavy atom. The van der Waals surface area contributed by atoms with Crippen LogP contribution in [0.5, 0.6) is 11.5 Å². The molecule has 2 aromatic rings. The minimum atomic E-state index is -0.655. The molecule has 0 unspecified atom stereocenters. The maximum atomic E-state index is 13.8. The van der Waals surface area contributed by atoms with E-state index in [1.165, 1.54) is 12.1 Å². The van der Waals surface area contributed by atoms with E-state index >= 15 is 0 Å². The molecule has 3 N–H and O–H groups in total. The third kappa shape index (κ3) is 2.37. The van der Waals surface area contributed by atoms with E-state index in [4.69, 9.17) is 15.7 Å². The number of ether oxygens (including phenoxy) is 1. The highest BCUT2D eigenvalue weighted by molar-refractivity contribution is 6.00. The first-order valence-electron chi connectivity index (χ1n) is 6.16. The Hall–Kier alpha value is -3.07. The average Bonchev–Trinajstić information content (AvgIpc) is 2.80. The Labute approximate surface area is 119 Å². The van der Waals surface area contributed by atoms with Gasteiger partial charge in [-0.2, -0.15) is 5.26 Å². The number of rotatable bonds is 2. The molecule has 1 aliphatic heterocycles. The Bertz CT molecular complexity index is 796. The first kappa shape index (κ1) is 12.9. The molecule has 0 atom stereocenters. The van der Waals surface area contributed by atoms with Crippen LogP contribution < -0.4 is 15.8 Å². The van der Waals surface area contributed by atoms with Crippen molar-refractivity contribution in [2.24, 2.45) is 0 Å². The molecule has 0 saturated carbocycles. The van der Waals surface area contributed by atoms with Gasteiger partial charge in [0.25, 0.3) is 0 Å². The van der Waals surface area contributed by atoms with E-state index in [2.05, 4.69) is 5.32 Å². The number of amides is 1. The summed E-state index contributed by atoms with van der Waals surface area (Å²) in [6.45, 7) is 0. The van der Waals surface area contributed by atoms with Crippen LogP contribution in [0.4, 0.5) is 15.8 Å². The van der Waals surface area contributed by atoms with Crippen LogP contribution in [0, 0.1) is 17.1 Å². The van der Waals surface area contributed by atoms with Crippen molar-refractivity contribution in [2.75, 3.05) is 11.1 Å². The Balaban J connectivity index is 1.94. The summed E-state index contributed by atoms with van der Waals surface area (Å²) in [7, 11) is 0. The molecule has 0 aliphatic carbocycles. The molecule has 21 heavy (non-hydrogen) atoms. The number of carbonyl (C=O) groups is 1. The van der Waals surface area contributed by atoms with Crippen molar-refractivity contribution in [3.8, 4) is 17.6 Å². The molecule has 0 radical (unpaired) electrons. The molecule has 3 rings (SSSR count). The predicted octanol–water partition coefficient (Wildman–Crippen LogP) is 2.57. The smallest absolute Gasteiger partial charge is 0.228 e. The minimum absolute atomic E-state index is 0.0371. The normalized spacial score (nSPS) is 12.5. The zero-order valence-corrected chi connectivity index (χ0v) is 10.8. The highest BCUT2D eigenvalue weighted by Gasteiger charge is 2.20. The summed E-state index contributed by atoms with van der Waals surface area (Å²) in [5.41, 5.74) is 7.76. The van der Waals surface area contributed by atoms with Crippen LogP contribution in [0.1, 0.15) is 11.1 Å². The predicted molar refractivity (Wildman–Crippen MR) is 74.4 cm³/mol. The van der Waals surface area contributed by atoms with Crippen LogP contribution in [0.15, 0.2) is 30.3 Å². The van der Waals surface area contributed by atoms with Crippen molar-refractivity contribution in [2.45, 2.75) is 6.42 Å². The molecule has 6 heteroatoms. The number of hydrogen-bond acceptors (Lipinski definition) is 4. The minimum Gasteiger partial charge on any atom is -0.452 e. The summed E-state index contributed by atoms with van der Waals surface area (Å²) in [6, 6.07) is 8.93. The van der Waals surface area contributed by atoms with Gasteiger partial charge in [0.1, 0.15) is 0 Å². The summed E-state index contributed by atoms with van der Waals surface area (Å²) >= 11 is 0. The zero-order chi connectivity index (χ0) is 15.0. The summed E-state index contributed by atoms with van der Waals surface area (Å²) in [5.74, 6) is -0.561. The number of nitrogens with one attached hydrogen (secondary N) is 1. The summed E-state index contributed by atoms with van der Waals surface area (Å²) in [5, 5.41) is 11.4. The molecule has 0 spiro atoms. The molecule has 1 amide bonds. The van der Waals surface area contributed by atoms with Crippen molar-refractivity contribution >= 4 is 17.3 Å². The largest absolute Gasteiger partial charge is 0.452 e. The van der Waals surface area contributed by atoms with Gasteiger partial charge in [0.2, 0.25) is 5.91 Å². The fourth-order valence-corrected chi connectivity index (χ4v) is 2.13. The lowest BCUT2D eigenvalue weighted by Gasteiger charge is -2.11. The Morgan fingerprint density at radius 3 is 2.81 bits per heavy atom. The molecule has 104 valence electrons. The molecule has 0 fully saturated rings. The first-order valence-corrected chi connectivity index (χ1v) is 6.16. The van der Waals surface area contributed by atoms with E-state index in [0.717, 1.165) is 11.6 Å². The third-order valence-corrected chi connectivity index (χ3v) is 3.14. The second kappa shape index (κ2) is 4.80. The van der Waals surface area contributed by atoms with E-state index in [1.54, 1.807) is 12.1 Å². The molecule has 0 saturated heterocycles. The van der Waals surface area contributed by atoms with Crippen LogP contribution in [0.2, 0.25) is 0 Å². The molecule has 5 nitrogen and oxygen atoms in total. The van der Waals surface area contributed by atoms with Gasteiger partial charge in [-0.3, -0.25) is 4.79 Å². The van der Waals surface area contributed by atoms with Gasteiger partial charge in [0.15, 0.2) is 17.3 Å². The number of benzene rings is 2. The molecule has 0 bridgehead atoms. The maximum Gasteiger partial charge on any atom is 0.228 e. The number of anilines is 2. The molecule has 1 aliphatic rings. The number of carbonyl (C=O) groups excluding carboxylic acids is 1. The average molecular weight is 283 g/mol. The van der Waals surface area contributed by atoms with Gasteiger partial charge in [0, 0.05) is 11.8 Å². The van der Waals surface area contributed by atoms with Gasteiger partial charge < -0.3 is 15.8 Å². The summed E-state index contributed by atoms with van der Waals surface area (Å²) in [4.78, 5) is 11.3. The fraction of sp³-hybridized carbons (Fsp3) is 0.0667. The van der Waals surface area contributed by atoms with E-state index in [1.807, 2.05) is 6.07 Å². The zero-order valence-electron chi connectivity index (χ0n) is 10.8. The SMILES string of the molecule is N#Cc1ccc(Oc2cc3c(cc2N)CC(=O)N3)c(F)c1. The number of nitriles is 1. The van der Waals surface area contributed by atoms with Gasteiger partial charge >= 0.3 is 0 Å². The van der Waals surface area contributed by atoms with Crippen molar-refractivity contribution in [3.05, 3.63) is 47.3 Å². The lowest BCUT2D eigenvalue weighted by Crippen LogP contribution is -2.03. The number of nitrogens with two attached hydrogens (primary N) is 1. The van der Waals surface area contributed by atoms with Crippen molar-refractivity contribution in [3.63, 3.8) is 0 Å². The van der Waals surface area contributed by atoms with E-state index < -0.39 is 5.82 Å². The van der Waals surface area contributed by atoms with Gasteiger partial charge in [-0.05, 0) is 29.8 Å². The Kier molecular flexibility index (Phi) is 2.95. The van der Waals surface area contributed by atoms with Crippen LogP contribution in [0.25, 0.3) is 0 Å². The van der Waals surface area contributed by atoms with Crippen LogP contribution >= 0.6 is 0 Å². The van der Waals surface area contributed by atoms with Gasteiger partial charge in [-0.25, -0.2) is 4.39 Å². The summed E-state index contributed by atoms with van der Waals surface area (Å²) in [6.07, 6.45) is 0.269. The van der Waals surface area contributed by atoms with Crippen molar-refractivity contribution in [1.82, 2.24) is 0 Å². The number of hydrogen-bond donors (Lipinski definition) is 2. The standard InChI is InChI=1S/C15H10FN3O2/c16-10-3-8(7-17)1-2-13(10)21-14-6-12-9(4-11(14)18)5-15(20)19-12/h1-4,6H,5,18H2,(H,19,20). The van der Waals surface area contributed by atoms with Gasteiger partial charge in [-0.1, -0.05) is 0 Å². The number of nitrogen functional groups attached to an aromatic ring is 1. The van der Waals surface area contributed by atoms with E-state index in [-0.39, 0.29) is 29.4 Å². The highest BCUT2D eigenvalue weighted by Crippen LogP contribution is 2.36. The lowest BCUT2D eigenvalue weighted by molar-refractivity contribution is -0.115. The molecule has 0 aromatic heterocycles. The number of nitrogens with zero attached hydrogens (tertiary/aromatic N) is 1. The monoisotopic (exact) mass is 283 g/mol. The molecular weight excluding hydrogens is 273 g/mol. The fourth-order valence-electron chi connectivity index (χ4n) is 2.13. The molecule has 2 aromatic carbocycles. The quantitative estimate of drug-likeness (QED) is 0.829. The van der Waals surface area contributed by atoms with E-state index in [0.29, 0.717) is 11.4 Å². The van der Waals surface area contributed by atoms with Crippen LogP contribution in [0.3, 0.4) is 0 Å². The topological polar surface area (TPSA) is 88.1 Å². The number of halogens is 1. The van der Waals surface area contributed by atoms with Gasteiger partial charge in [-0.15, -0.1) is 0 Å². The second-order valence-electron chi connectivity index (χ2n) is 4.63. The van der Waals surface area contributed by atoms with E-state index in [9.17, 15) is 9.18 Å². The van der Waals surface area contributed by atoms with Gasteiger partial charge in [0.05, 0.1) is 23.7 Å². The lowest BCUT2D eigenvalue weighted by atomic mass is 10.1. The highest BCUT2D eigenvalue weighted by atomic mass is 19.1. The Morgan fingerprint density at radius 1 is 1.29 bits per heavy atom. The molecular formula is C15H10FN3O2. The van der Waals surface area contributed by atoms with Crippen LogP contribution in [-0.4, -0.2) is 5.91 Å². The van der Waals surface area contributed by atoms with Crippen molar-refractivity contribution < 1.29 is 13.9 Å². The number of fused-ring (bicyclic) bond motifs is 1. The second-order valence-corrected chi connectivity index (χ2v) is 4.63.